The van der Waals surface area contributed by atoms with E-state index in [4.69, 9.17) is 0 Å². The molecule has 0 fully saturated rings. The SMILES string of the molecule is CC(C)CNc1ccnn1CC(C)C. The third-order valence-electron chi connectivity index (χ3n) is 1.95. The fourth-order valence-electron chi connectivity index (χ4n) is 1.28. The van der Waals surface area contributed by atoms with E-state index in [-0.39, 0.29) is 0 Å². The molecule has 3 nitrogen and oxygen atoms in total. The van der Waals surface area contributed by atoms with Crippen LogP contribution in [-0.2, 0) is 6.54 Å². The Kier molecular flexibility index (Phi) is 3.98. The molecule has 0 radical (unpaired) electrons. The van der Waals surface area contributed by atoms with Crippen molar-refractivity contribution >= 4 is 5.82 Å². The molecule has 1 N–H and O–H groups in total. The van der Waals surface area contributed by atoms with Crippen molar-refractivity contribution < 1.29 is 0 Å². The van der Waals surface area contributed by atoms with Gasteiger partial charge in [0.15, 0.2) is 0 Å². The quantitative estimate of drug-likeness (QED) is 0.782. The Bertz CT molecular complexity index is 263. The first kappa shape index (κ1) is 11.1. The maximum absolute atomic E-state index is 4.29. The molecule has 0 spiro atoms. The van der Waals surface area contributed by atoms with Crippen molar-refractivity contribution in [1.82, 2.24) is 9.78 Å². The lowest BCUT2D eigenvalue weighted by atomic mass is 10.2. The minimum absolute atomic E-state index is 0.634. The highest BCUT2D eigenvalue weighted by Gasteiger charge is 2.04. The number of nitrogens with one attached hydrogen (secondary N) is 1. The van der Waals surface area contributed by atoms with Crippen molar-refractivity contribution in [3.63, 3.8) is 0 Å². The van der Waals surface area contributed by atoms with Gasteiger partial charge in [-0.25, -0.2) is 4.68 Å². The minimum Gasteiger partial charge on any atom is -0.370 e. The number of nitrogens with zero attached hydrogens (tertiary/aromatic N) is 2. The van der Waals surface area contributed by atoms with Gasteiger partial charge >= 0.3 is 0 Å². The third-order valence-corrected chi connectivity index (χ3v) is 1.95. The molecule has 3 heteroatoms. The predicted molar refractivity (Wildman–Crippen MR) is 60.4 cm³/mol. The van der Waals surface area contributed by atoms with Crippen LogP contribution in [0.3, 0.4) is 0 Å². The second-order valence-electron chi connectivity index (χ2n) is 4.57. The van der Waals surface area contributed by atoms with E-state index in [0.717, 1.165) is 18.9 Å². The van der Waals surface area contributed by atoms with Crippen LogP contribution in [0.4, 0.5) is 5.82 Å². The zero-order chi connectivity index (χ0) is 10.6. The van der Waals surface area contributed by atoms with E-state index in [9.17, 15) is 0 Å². The minimum atomic E-state index is 0.634. The van der Waals surface area contributed by atoms with Crippen LogP contribution in [0.15, 0.2) is 12.3 Å². The van der Waals surface area contributed by atoms with Crippen molar-refractivity contribution in [2.45, 2.75) is 34.2 Å². The lowest BCUT2D eigenvalue weighted by Gasteiger charge is -2.12. The molecule has 0 aromatic carbocycles. The van der Waals surface area contributed by atoms with Crippen LogP contribution in [-0.4, -0.2) is 16.3 Å². The number of aromatic nitrogens is 2. The number of hydrogen-bond acceptors (Lipinski definition) is 2. The molecule has 0 saturated heterocycles. The molecule has 0 aliphatic carbocycles. The van der Waals surface area contributed by atoms with Crippen molar-refractivity contribution in [3.05, 3.63) is 12.3 Å². The van der Waals surface area contributed by atoms with E-state index in [2.05, 4.69) is 38.1 Å². The maximum Gasteiger partial charge on any atom is 0.124 e. The Morgan fingerprint density at radius 3 is 2.57 bits per heavy atom. The average molecular weight is 195 g/mol. The van der Waals surface area contributed by atoms with Gasteiger partial charge < -0.3 is 5.32 Å². The summed E-state index contributed by atoms with van der Waals surface area (Å²) in [6, 6.07) is 2.03. The average Bonchev–Trinajstić information content (AvgIpc) is 2.47. The van der Waals surface area contributed by atoms with Crippen molar-refractivity contribution in [2.24, 2.45) is 11.8 Å². The Morgan fingerprint density at radius 1 is 1.29 bits per heavy atom. The topological polar surface area (TPSA) is 29.9 Å². The van der Waals surface area contributed by atoms with Gasteiger partial charge in [0.2, 0.25) is 0 Å². The lowest BCUT2D eigenvalue weighted by molar-refractivity contribution is 0.486. The molecule has 0 saturated carbocycles. The molecule has 14 heavy (non-hydrogen) atoms. The van der Waals surface area contributed by atoms with Crippen LogP contribution in [0.5, 0.6) is 0 Å². The molecular weight excluding hydrogens is 174 g/mol. The fourth-order valence-corrected chi connectivity index (χ4v) is 1.28. The largest absolute Gasteiger partial charge is 0.370 e. The second-order valence-corrected chi connectivity index (χ2v) is 4.57. The number of anilines is 1. The summed E-state index contributed by atoms with van der Waals surface area (Å²) in [4.78, 5) is 0. The summed E-state index contributed by atoms with van der Waals surface area (Å²) in [6.07, 6.45) is 1.85. The summed E-state index contributed by atoms with van der Waals surface area (Å²) in [5.41, 5.74) is 0. The molecule has 0 atom stereocenters. The molecule has 0 aliphatic rings. The van der Waals surface area contributed by atoms with Crippen molar-refractivity contribution in [2.75, 3.05) is 11.9 Å². The van der Waals surface area contributed by atoms with Gasteiger partial charge in [-0.15, -0.1) is 0 Å². The molecular formula is C11H21N3. The van der Waals surface area contributed by atoms with E-state index >= 15 is 0 Å². The summed E-state index contributed by atoms with van der Waals surface area (Å²) in [7, 11) is 0. The molecule has 1 rings (SSSR count). The second kappa shape index (κ2) is 5.03. The van der Waals surface area contributed by atoms with Crippen LogP contribution in [0, 0.1) is 11.8 Å². The normalized spacial score (nSPS) is 11.3. The summed E-state index contributed by atoms with van der Waals surface area (Å²) >= 11 is 0. The summed E-state index contributed by atoms with van der Waals surface area (Å²) in [5.74, 6) is 2.43. The lowest BCUT2D eigenvalue weighted by Crippen LogP contribution is -2.14. The number of hydrogen-bond donors (Lipinski definition) is 1. The van der Waals surface area contributed by atoms with E-state index in [0.29, 0.717) is 11.8 Å². The van der Waals surface area contributed by atoms with Gasteiger partial charge in [0.05, 0.1) is 6.20 Å². The van der Waals surface area contributed by atoms with E-state index in [1.807, 2.05) is 16.9 Å². The molecule has 0 bridgehead atoms. The van der Waals surface area contributed by atoms with Gasteiger partial charge in [-0.3, -0.25) is 0 Å². The summed E-state index contributed by atoms with van der Waals surface area (Å²) in [6.45, 7) is 10.8. The molecule has 0 amide bonds. The van der Waals surface area contributed by atoms with Crippen molar-refractivity contribution in [1.29, 1.82) is 0 Å². The van der Waals surface area contributed by atoms with Crippen LogP contribution < -0.4 is 5.32 Å². The molecule has 1 aromatic rings. The van der Waals surface area contributed by atoms with Gasteiger partial charge in [-0.05, 0) is 11.8 Å². The highest BCUT2D eigenvalue weighted by Crippen LogP contribution is 2.09. The van der Waals surface area contributed by atoms with Gasteiger partial charge in [0.1, 0.15) is 5.82 Å². The van der Waals surface area contributed by atoms with Gasteiger partial charge in [-0.2, -0.15) is 5.10 Å². The maximum atomic E-state index is 4.29. The predicted octanol–water partition coefficient (Wildman–Crippen LogP) is 2.61. The summed E-state index contributed by atoms with van der Waals surface area (Å²) in [5, 5.41) is 7.69. The molecule has 0 aliphatic heterocycles. The molecule has 1 heterocycles. The zero-order valence-electron chi connectivity index (χ0n) is 9.62. The molecule has 1 aromatic heterocycles. The Labute approximate surface area is 86.5 Å². The Morgan fingerprint density at radius 2 is 2.00 bits per heavy atom. The number of rotatable bonds is 5. The van der Waals surface area contributed by atoms with Gasteiger partial charge in [-0.1, -0.05) is 27.7 Å². The van der Waals surface area contributed by atoms with E-state index in [1.54, 1.807) is 0 Å². The monoisotopic (exact) mass is 195 g/mol. The van der Waals surface area contributed by atoms with Gasteiger partial charge in [0, 0.05) is 19.2 Å². The highest BCUT2D eigenvalue weighted by molar-refractivity contribution is 5.33. The fraction of sp³-hybridized carbons (Fsp3) is 0.727. The van der Waals surface area contributed by atoms with Crippen LogP contribution in [0.1, 0.15) is 27.7 Å². The standard InChI is InChI=1S/C11H21N3/c1-9(2)7-12-11-5-6-13-14(11)8-10(3)4/h5-6,9-10,12H,7-8H2,1-4H3. The summed E-state index contributed by atoms with van der Waals surface area (Å²) < 4.78 is 2.03. The first-order chi connectivity index (χ1) is 6.59. The van der Waals surface area contributed by atoms with Gasteiger partial charge in [0.25, 0.3) is 0 Å². The smallest absolute Gasteiger partial charge is 0.124 e. The Hall–Kier alpha value is -0.990. The highest BCUT2D eigenvalue weighted by atomic mass is 15.3. The van der Waals surface area contributed by atoms with E-state index in [1.165, 1.54) is 0 Å². The first-order valence-corrected chi connectivity index (χ1v) is 5.35. The van der Waals surface area contributed by atoms with Crippen LogP contribution in [0.25, 0.3) is 0 Å². The molecule has 80 valence electrons. The third kappa shape index (κ3) is 3.40. The van der Waals surface area contributed by atoms with Crippen molar-refractivity contribution in [3.8, 4) is 0 Å². The molecule has 0 unspecified atom stereocenters. The first-order valence-electron chi connectivity index (χ1n) is 5.35. The van der Waals surface area contributed by atoms with E-state index < -0.39 is 0 Å². The Balaban J connectivity index is 2.53. The zero-order valence-corrected chi connectivity index (χ0v) is 9.62. The van der Waals surface area contributed by atoms with Crippen LogP contribution in [0.2, 0.25) is 0 Å². The van der Waals surface area contributed by atoms with Crippen LogP contribution >= 0.6 is 0 Å².